The minimum atomic E-state index is -0.0677. The van der Waals surface area contributed by atoms with Crippen LogP contribution in [0, 0.1) is 18.6 Å². The van der Waals surface area contributed by atoms with Gasteiger partial charge in [0.25, 0.3) is 5.78 Å². The maximum absolute atomic E-state index is 12.3. The molecule has 0 aliphatic rings. The van der Waals surface area contributed by atoms with Gasteiger partial charge in [-0.1, -0.05) is 12.1 Å². The Bertz CT molecular complexity index is 975. The molecule has 3 aromatic rings. The number of hydrogen-bond donors (Lipinski definition) is 2. The second kappa shape index (κ2) is 7.02. The molecule has 0 unspecified atom stereocenters. The number of ether oxygens (including phenoxy) is 1. The SMILES string of the molecule is COc1ccc(CNC(=O)Cc2c(C)nc3nc(=S)[nH]n3c2C)cc1. The normalized spacial score (nSPS) is 10.8. The summed E-state index contributed by atoms with van der Waals surface area (Å²) >= 11 is 5.04. The Morgan fingerprint density at radius 1 is 1.28 bits per heavy atom. The monoisotopic (exact) mass is 357 g/mol. The molecule has 0 aliphatic carbocycles. The number of carbonyl (C=O) groups is 1. The van der Waals surface area contributed by atoms with Crippen molar-refractivity contribution < 1.29 is 9.53 Å². The van der Waals surface area contributed by atoms with Crippen molar-refractivity contribution in [2.75, 3.05) is 7.11 Å². The van der Waals surface area contributed by atoms with Crippen LogP contribution in [-0.2, 0) is 17.8 Å². The van der Waals surface area contributed by atoms with Crippen LogP contribution in [0.5, 0.6) is 5.75 Å². The van der Waals surface area contributed by atoms with Crippen LogP contribution in [0.4, 0.5) is 0 Å². The zero-order valence-corrected chi connectivity index (χ0v) is 15.1. The van der Waals surface area contributed by atoms with E-state index in [-0.39, 0.29) is 12.3 Å². The van der Waals surface area contributed by atoms with Gasteiger partial charge < -0.3 is 10.1 Å². The zero-order chi connectivity index (χ0) is 18.0. The summed E-state index contributed by atoms with van der Waals surface area (Å²) in [6, 6.07) is 7.59. The highest BCUT2D eigenvalue weighted by atomic mass is 32.1. The summed E-state index contributed by atoms with van der Waals surface area (Å²) in [5.74, 6) is 1.24. The summed E-state index contributed by atoms with van der Waals surface area (Å²) in [5.41, 5.74) is 3.53. The van der Waals surface area contributed by atoms with Gasteiger partial charge >= 0.3 is 0 Å². The topological polar surface area (TPSA) is 84.3 Å². The predicted octanol–water partition coefficient (Wildman–Crippen LogP) is 2.27. The highest BCUT2D eigenvalue weighted by molar-refractivity contribution is 7.71. The first-order chi connectivity index (χ1) is 12.0. The lowest BCUT2D eigenvalue weighted by molar-refractivity contribution is -0.120. The minimum Gasteiger partial charge on any atom is -0.497 e. The molecule has 0 spiro atoms. The van der Waals surface area contributed by atoms with E-state index in [2.05, 4.69) is 20.4 Å². The summed E-state index contributed by atoms with van der Waals surface area (Å²) in [6.45, 7) is 4.25. The van der Waals surface area contributed by atoms with Crippen molar-refractivity contribution in [3.8, 4) is 5.75 Å². The van der Waals surface area contributed by atoms with E-state index < -0.39 is 0 Å². The van der Waals surface area contributed by atoms with Crippen LogP contribution >= 0.6 is 12.2 Å². The van der Waals surface area contributed by atoms with E-state index in [1.54, 1.807) is 11.6 Å². The Balaban J connectivity index is 1.72. The number of fused-ring (bicyclic) bond motifs is 1. The molecule has 0 aliphatic heterocycles. The molecule has 0 fully saturated rings. The molecule has 130 valence electrons. The van der Waals surface area contributed by atoms with Gasteiger partial charge in [-0.2, -0.15) is 4.98 Å². The van der Waals surface area contributed by atoms with Gasteiger partial charge in [-0.3, -0.25) is 9.89 Å². The molecule has 0 radical (unpaired) electrons. The largest absolute Gasteiger partial charge is 0.497 e. The first-order valence-electron chi connectivity index (χ1n) is 7.82. The molecule has 8 heteroatoms. The van der Waals surface area contributed by atoms with Crippen molar-refractivity contribution in [3.63, 3.8) is 0 Å². The third-order valence-corrected chi connectivity index (χ3v) is 4.25. The molecule has 2 aromatic heterocycles. The molecule has 2 heterocycles. The highest BCUT2D eigenvalue weighted by Crippen LogP contribution is 2.14. The van der Waals surface area contributed by atoms with Gasteiger partial charge in [-0.15, -0.1) is 0 Å². The fourth-order valence-corrected chi connectivity index (χ4v) is 2.83. The predicted molar refractivity (Wildman–Crippen MR) is 96.2 cm³/mol. The second-order valence-electron chi connectivity index (χ2n) is 5.73. The summed E-state index contributed by atoms with van der Waals surface area (Å²) in [6.07, 6.45) is 0.246. The Kier molecular flexibility index (Phi) is 4.80. The lowest BCUT2D eigenvalue weighted by Crippen LogP contribution is -2.25. The molecule has 0 atom stereocenters. The van der Waals surface area contributed by atoms with Crippen LogP contribution in [0.3, 0.4) is 0 Å². The average Bonchev–Trinajstić information content (AvgIpc) is 2.97. The Morgan fingerprint density at radius 2 is 2.00 bits per heavy atom. The van der Waals surface area contributed by atoms with Crippen LogP contribution < -0.4 is 10.1 Å². The van der Waals surface area contributed by atoms with E-state index in [4.69, 9.17) is 17.0 Å². The van der Waals surface area contributed by atoms with E-state index in [9.17, 15) is 4.79 Å². The van der Waals surface area contributed by atoms with E-state index in [1.807, 2.05) is 38.1 Å². The highest BCUT2D eigenvalue weighted by Gasteiger charge is 2.14. The van der Waals surface area contributed by atoms with Crippen molar-refractivity contribution >= 4 is 23.9 Å². The van der Waals surface area contributed by atoms with Gasteiger partial charge in [0.15, 0.2) is 0 Å². The molecule has 1 aromatic carbocycles. The van der Waals surface area contributed by atoms with E-state index >= 15 is 0 Å². The maximum atomic E-state index is 12.3. The number of aromatic nitrogens is 4. The first-order valence-corrected chi connectivity index (χ1v) is 8.23. The molecule has 0 saturated carbocycles. The molecule has 25 heavy (non-hydrogen) atoms. The van der Waals surface area contributed by atoms with Crippen LogP contribution in [0.15, 0.2) is 24.3 Å². The first kappa shape index (κ1) is 17.1. The van der Waals surface area contributed by atoms with Gasteiger partial charge in [0, 0.05) is 23.5 Å². The third kappa shape index (κ3) is 3.69. The standard InChI is InChI=1S/C17H19N5O2S/c1-10-14(11(2)22-16(19-10)20-17(25)21-22)8-15(23)18-9-12-4-6-13(24-3)7-5-12/h4-7H,8-9H2,1-3H3,(H,18,23)(H,21,25). The number of benzene rings is 1. The molecule has 0 saturated heterocycles. The molecule has 3 rings (SSSR count). The number of carbonyl (C=O) groups excluding carboxylic acids is 1. The number of nitrogens with zero attached hydrogens (tertiary/aromatic N) is 3. The van der Waals surface area contributed by atoms with Crippen molar-refractivity contribution in [1.29, 1.82) is 0 Å². The second-order valence-corrected chi connectivity index (χ2v) is 6.11. The van der Waals surface area contributed by atoms with E-state index in [0.717, 1.165) is 28.3 Å². The molecule has 1 amide bonds. The van der Waals surface area contributed by atoms with Crippen molar-refractivity contribution in [2.45, 2.75) is 26.8 Å². The molecular weight excluding hydrogens is 338 g/mol. The number of amides is 1. The molecular formula is C17H19N5O2S. The average molecular weight is 357 g/mol. The quantitative estimate of drug-likeness (QED) is 0.685. The number of methoxy groups -OCH3 is 1. The molecule has 0 bridgehead atoms. The van der Waals surface area contributed by atoms with Gasteiger partial charge in [0.05, 0.1) is 13.5 Å². The molecule has 7 nitrogen and oxygen atoms in total. The maximum Gasteiger partial charge on any atom is 0.252 e. The third-order valence-electron chi connectivity index (χ3n) is 4.07. The van der Waals surface area contributed by atoms with Gasteiger partial charge in [-0.25, -0.2) is 9.50 Å². The number of nitrogens with one attached hydrogen (secondary N) is 2. The van der Waals surface area contributed by atoms with Crippen molar-refractivity contribution in [3.05, 3.63) is 51.6 Å². The lowest BCUT2D eigenvalue weighted by atomic mass is 10.1. The van der Waals surface area contributed by atoms with Crippen molar-refractivity contribution in [2.24, 2.45) is 0 Å². The number of hydrogen-bond acceptors (Lipinski definition) is 5. The van der Waals surface area contributed by atoms with Gasteiger partial charge in [0.2, 0.25) is 10.7 Å². The van der Waals surface area contributed by atoms with E-state index in [0.29, 0.717) is 17.1 Å². The van der Waals surface area contributed by atoms with Crippen LogP contribution in [0.25, 0.3) is 5.78 Å². The summed E-state index contributed by atoms with van der Waals surface area (Å²) in [4.78, 5) is 20.9. The number of rotatable bonds is 5. The van der Waals surface area contributed by atoms with Gasteiger partial charge in [0.1, 0.15) is 5.75 Å². The van der Waals surface area contributed by atoms with Gasteiger partial charge in [-0.05, 0) is 43.8 Å². The van der Waals surface area contributed by atoms with Crippen LogP contribution in [0.2, 0.25) is 0 Å². The number of H-pyrrole nitrogens is 1. The summed E-state index contributed by atoms with van der Waals surface area (Å²) < 4.78 is 7.21. The zero-order valence-electron chi connectivity index (χ0n) is 14.3. The summed E-state index contributed by atoms with van der Waals surface area (Å²) in [5, 5.41) is 5.88. The Labute approximate surface area is 150 Å². The Hall–Kier alpha value is -2.74. The van der Waals surface area contributed by atoms with Crippen LogP contribution in [-0.4, -0.2) is 32.6 Å². The summed E-state index contributed by atoms with van der Waals surface area (Å²) in [7, 11) is 1.62. The van der Waals surface area contributed by atoms with E-state index in [1.165, 1.54) is 0 Å². The number of aryl methyl sites for hydroxylation is 2. The minimum absolute atomic E-state index is 0.0677. The fraction of sp³-hybridized carbons (Fsp3) is 0.294. The lowest BCUT2D eigenvalue weighted by Gasteiger charge is -2.11. The van der Waals surface area contributed by atoms with Crippen LogP contribution in [0.1, 0.15) is 22.5 Å². The fourth-order valence-electron chi connectivity index (χ4n) is 2.66. The van der Waals surface area contributed by atoms with Crippen molar-refractivity contribution in [1.82, 2.24) is 24.9 Å². The molecule has 2 N–H and O–H groups in total. The Morgan fingerprint density at radius 3 is 2.68 bits per heavy atom. The number of aromatic amines is 1. The smallest absolute Gasteiger partial charge is 0.252 e.